The van der Waals surface area contributed by atoms with E-state index in [-0.39, 0.29) is 6.61 Å². The zero-order chi connectivity index (χ0) is 7.61. The fourth-order valence-electron chi connectivity index (χ4n) is 1.32. The van der Waals surface area contributed by atoms with Gasteiger partial charge in [-0.05, 0) is 25.7 Å². The van der Waals surface area contributed by atoms with Gasteiger partial charge in [-0.15, -0.1) is 0 Å². The molecule has 0 heterocycles. The summed E-state index contributed by atoms with van der Waals surface area (Å²) in [5, 5.41) is 9.63. The monoisotopic (exact) mass is 145 g/mol. The molecule has 1 fully saturated rings. The van der Waals surface area contributed by atoms with Crippen LogP contribution in [-0.2, 0) is 4.84 Å². The van der Waals surface area contributed by atoms with Gasteiger partial charge in [-0.2, -0.15) is 0 Å². The van der Waals surface area contributed by atoms with Crippen molar-refractivity contribution in [1.82, 2.24) is 0 Å². The third kappa shape index (κ3) is 1.48. The lowest BCUT2D eigenvalue weighted by Crippen LogP contribution is -2.43. The minimum Gasteiger partial charge on any atom is -0.387 e. The molecule has 3 N–H and O–H groups in total. The number of hydrogen-bond acceptors (Lipinski definition) is 3. The van der Waals surface area contributed by atoms with Crippen LogP contribution in [0.2, 0.25) is 0 Å². The van der Waals surface area contributed by atoms with E-state index in [1.165, 1.54) is 6.42 Å². The molecule has 1 rings (SSSR count). The second-order valence-electron chi connectivity index (χ2n) is 3.30. The summed E-state index contributed by atoms with van der Waals surface area (Å²) in [7, 11) is 0. The fraction of sp³-hybridized carbons (Fsp3) is 1.00. The molecule has 1 aliphatic rings. The van der Waals surface area contributed by atoms with E-state index in [0.29, 0.717) is 5.92 Å². The lowest BCUT2D eigenvalue weighted by Gasteiger charge is -2.37. The van der Waals surface area contributed by atoms with Gasteiger partial charge in [0.1, 0.15) is 0 Å². The van der Waals surface area contributed by atoms with Crippen molar-refractivity contribution in [3.8, 4) is 0 Å². The standard InChI is InChI=1S/C7H15NO2/c1-7(9,5-10-8)6-3-2-4-6/h6,9H,2-5,8H2,1H3. The fourth-order valence-corrected chi connectivity index (χ4v) is 1.32. The molecule has 0 amide bonds. The summed E-state index contributed by atoms with van der Waals surface area (Å²) in [5.74, 6) is 5.27. The van der Waals surface area contributed by atoms with Crippen molar-refractivity contribution in [3.05, 3.63) is 0 Å². The number of aliphatic hydroxyl groups is 1. The molecule has 1 atom stereocenters. The van der Waals surface area contributed by atoms with Crippen molar-refractivity contribution in [2.45, 2.75) is 31.8 Å². The molecule has 0 aromatic rings. The quantitative estimate of drug-likeness (QED) is 0.566. The van der Waals surface area contributed by atoms with Crippen LogP contribution in [0.3, 0.4) is 0 Å². The zero-order valence-electron chi connectivity index (χ0n) is 6.34. The highest BCUT2D eigenvalue weighted by atomic mass is 16.6. The van der Waals surface area contributed by atoms with Crippen molar-refractivity contribution >= 4 is 0 Å². The molecule has 1 saturated carbocycles. The molecule has 60 valence electrons. The molecule has 3 nitrogen and oxygen atoms in total. The Hall–Kier alpha value is -0.120. The maximum absolute atomic E-state index is 9.63. The van der Waals surface area contributed by atoms with Gasteiger partial charge in [-0.3, -0.25) is 0 Å². The molecule has 1 unspecified atom stereocenters. The largest absolute Gasteiger partial charge is 0.387 e. The van der Waals surface area contributed by atoms with E-state index in [0.717, 1.165) is 12.8 Å². The smallest absolute Gasteiger partial charge is 0.0966 e. The highest BCUT2D eigenvalue weighted by Gasteiger charge is 2.35. The van der Waals surface area contributed by atoms with Gasteiger partial charge in [0.2, 0.25) is 0 Å². The molecule has 0 radical (unpaired) electrons. The molecule has 1 aliphatic carbocycles. The Kier molecular flexibility index (Phi) is 2.28. The Labute approximate surface area is 61.1 Å². The number of rotatable bonds is 3. The van der Waals surface area contributed by atoms with E-state index < -0.39 is 5.60 Å². The second-order valence-corrected chi connectivity index (χ2v) is 3.30. The van der Waals surface area contributed by atoms with Crippen molar-refractivity contribution in [2.75, 3.05) is 6.61 Å². The van der Waals surface area contributed by atoms with Crippen LogP contribution in [0, 0.1) is 5.92 Å². The van der Waals surface area contributed by atoms with Crippen LogP contribution in [0.4, 0.5) is 0 Å². The second kappa shape index (κ2) is 2.86. The highest BCUT2D eigenvalue weighted by molar-refractivity contribution is 4.87. The topological polar surface area (TPSA) is 55.5 Å². The van der Waals surface area contributed by atoms with Gasteiger partial charge in [-0.25, -0.2) is 5.90 Å². The summed E-state index contributed by atoms with van der Waals surface area (Å²) in [4.78, 5) is 4.41. The predicted octanol–water partition coefficient (Wildman–Crippen LogP) is 0.428. The minimum atomic E-state index is -0.701. The molecule has 0 spiro atoms. The van der Waals surface area contributed by atoms with E-state index in [4.69, 9.17) is 5.90 Å². The Balaban J connectivity index is 2.33. The lowest BCUT2D eigenvalue weighted by molar-refractivity contribution is -0.0940. The summed E-state index contributed by atoms with van der Waals surface area (Å²) in [6.07, 6.45) is 3.44. The van der Waals surface area contributed by atoms with E-state index in [1.54, 1.807) is 6.92 Å². The summed E-state index contributed by atoms with van der Waals surface area (Å²) in [6, 6.07) is 0. The molecule has 0 aliphatic heterocycles. The van der Waals surface area contributed by atoms with Crippen molar-refractivity contribution < 1.29 is 9.94 Å². The summed E-state index contributed by atoms with van der Waals surface area (Å²) in [6.45, 7) is 2.03. The molecule has 0 aromatic carbocycles. The molecule has 0 bridgehead atoms. The molecule has 0 saturated heterocycles. The summed E-state index contributed by atoms with van der Waals surface area (Å²) >= 11 is 0. The minimum absolute atomic E-state index is 0.248. The van der Waals surface area contributed by atoms with Crippen LogP contribution < -0.4 is 5.90 Å². The predicted molar refractivity (Wildman–Crippen MR) is 38.1 cm³/mol. The number of nitrogens with two attached hydrogens (primary N) is 1. The lowest BCUT2D eigenvalue weighted by atomic mass is 9.74. The van der Waals surface area contributed by atoms with Crippen LogP contribution in [0.25, 0.3) is 0 Å². The van der Waals surface area contributed by atoms with Crippen LogP contribution in [-0.4, -0.2) is 17.3 Å². The van der Waals surface area contributed by atoms with Crippen LogP contribution in [0.1, 0.15) is 26.2 Å². The normalized spacial score (nSPS) is 25.5. The Bertz CT molecular complexity index is 110. The van der Waals surface area contributed by atoms with Crippen LogP contribution in [0.5, 0.6) is 0 Å². The maximum Gasteiger partial charge on any atom is 0.0966 e. The van der Waals surface area contributed by atoms with Crippen molar-refractivity contribution in [2.24, 2.45) is 11.8 Å². The highest BCUT2D eigenvalue weighted by Crippen LogP contribution is 2.35. The first-order valence-corrected chi connectivity index (χ1v) is 3.71. The SMILES string of the molecule is CC(O)(CON)C1CCC1. The molecular formula is C7H15NO2. The average Bonchev–Trinajstić information content (AvgIpc) is 1.56. The first-order chi connectivity index (χ1) is 4.67. The van der Waals surface area contributed by atoms with Crippen molar-refractivity contribution in [1.29, 1.82) is 0 Å². The zero-order valence-corrected chi connectivity index (χ0v) is 6.34. The van der Waals surface area contributed by atoms with Gasteiger partial charge in [0.25, 0.3) is 0 Å². The molecular weight excluding hydrogens is 130 g/mol. The van der Waals surface area contributed by atoms with Gasteiger partial charge in [-0.1, -0.05) is 6.42 Å². The third-order valence-corrected chi connectivity index (χ3v) is 2.36. The Morgan fingerprint density at radius 3 is 2.60 bits per heavy atom. The Morgan fingerprint density at radius 2 is 2.30 bits per heavy atom. The first kappa shape index (κ1) is 7.98. The van der Waals surface area contributed by atoms with Gasteiger partial charge >= 0.3 is 0 Å². The van der Waals surface area contributed by atoms with Crippen LogP contribution in [0.15, 0.2) is 0 Å². The molecule has 10 heavy (non-hydrogen) atoms. The van der Waals surface area contributed by atoms with E-state index in [9.17, 15) is 5.11 Å². The number of hydrogen-bond donors (Lipinski definition) is 2. The molecule has 3 heteroatoms. The van der Waals surface area contributed by atoms with E-state index in [2.05, 4.69) is 4.84 Å². The third-order valence-electron chi connectivity index (χ3n) is 2.36. The van der Waals surface area contributed by atoms with Gasteiger partial charge in [0.05, 0.1) is 12.2 Å². The Morgan fingerprint density at radius 1 is 1.70 bits per heavy atom. The van der Waals surface area contributed by atoms with Crippen molar-refractivity contribution in [3.63, 3.8) is 0 Å². The van der Waals surface area contributed by atoms with Crippen LogP contribution >= 0.6 is 0 Å². The summed E-state index contributed by atoms with van der Waals surface area (Å²) in [5.41, 5.74) is -0.701. The van der Waals surface area contributed by atoms with Gasteiger partial charge < -0.3 is 9.94 Å². The summed E-state index contributed by atoms with van der Waals surface area (Å²) < 4.78 is 0. The average molecular weight is 145 g/mol. The van der Waals surface area contributed by atoms with E-state index in [1.807, 2.05) is 0 Å². The first-order valence-electron chi connectivity index (χ1n) is 3.71. The van der Waals surface area contributed by atoms with Gasteiger partial charge in [0.15, 0.2) is 0 Å². The molecule has 0 aromatic heterocycles. The van der Waals surface area contributed by atoms with E-state index >= 15 is 0 Å². The maximum atomic E-state index is 9.63. The van der Waals surface area contributed by atoms with Gasteiger partial charge in [0, 0.05) is 0 Å².